The molecule has 152 valence electrons. The molecule has 0 saturated carbocycles. The Morgan fingerprint density at radius 3 is 2.23 bits per heavy atom. The largest absolute Gasteiger partial charge is 0.330 e. The summed E-state index contributed by atoms with van der Waals surface area (Å²) in [7, 11) is 0. The van der Waals surface area contributed by atoms with Crippen molar-refractivity contribution < 1.29 is 14.0 Å². The molecule has 0 aliphatic rings. The molecule has 4 N–H and O–H groups in total. The van der Waals surface area contributed by atoms with Crippen LogP contribution < -0.4 is 21.5 Å². The number of carbonyl (C=O) groups excluding carboxylic acids is 2. The molecular formula is C21H16ClFN4O2S. The summed E-state index contributed by atoms with van der Waals surface area (Å²) in [6.45, 7) is 0. The highest BCUT2D eigenvalue weighted by molar-refractivity contribution is 7.80. The second-order valence-electron chi connectivity index (χ2n) is 6.06. The first-order valence-electron chi connectivity index (χ1n) is 8.71. The zero-order chi connectivity index (χ0) is 21.5. The van der Waals surface area contributed by atoms with Crippen molar-refractivity contribution in [2.75, 3.05) is 10.6 Å². The minimum absolute atomic E-state index is 0.145. The smallest absolute Gasteiger partial charge is 0.269 e. The number of nitrogens with one attached hydrogen (secondary N) is 4. The highest BCUT2D eigenvalue weighted by atomic mass is 35.5. The van der Waals surface area contributed by atoms with Crippen molar-refractivity contribution in [3.8, 4) is 0 Å². The van der Waals surface area contributed by atoms with Crippen molar-refractivity contribution >= 4 is 52.1 Å². The molecule has 0 saturated heterocycles. The number of para-hydroxylation sites is 1. The molecule has 0 aliphatic heterocycles. The lowest BCUT2D eigenvalue weighted by Crippen LogP contribution is -2.43. The van der Waals surface area contributed by atoms with Gasteiger partial charge in [0.05, 0.1) is 10.7 Å². The van der Waals surface area contributed by atoms with Gasteiger partial charge in [0.1, 0.15) is 5.82 Å². The van der Waals surface area contributed by atoms with E-state index in [0.29, 0.717) is 16.4 Å². The molecule has 3 aromatic rings. The quantitative estimate of drug-likeness (QED) is 0.356. The van der Waals surface area contributed by atoms with Crippen molar-refractivity contribution in [2.45, 2.75) is 0 Å². The lowest BCUT2D eigenvalue weighted by atomic mass is 10.1. The number of rotatable bonds is 4. The van der Waals surface area contributed by atoms with Gasteiger partial charge in [-0.05, 0) is 60.7 Å². The third-order valence-corrected chi connectivity index (χ3v) is 4.41. The van der Waals surface area contributed by atoms with Crippen molar-refractivity contribution in [1.29, 1.82) is 0 Å². The summed E-state index contributed by atoms with van der Waals surface area (Å²) in [6.07, 6.45) is 0. The molecule has 0 atom stereocenters. The van der Waals surface area contributed by atoms with E-state index in [1.165, 1.54) is 24.3 Å². The number of hydrogen-bond donors (Lipinski definition) is 4. The third kappa shape index (κ3) is 5.76. The minimum atomic E-state index is -0.511. The molecule has 9 heteroatoms. The molecule has 0 bridgehead atoms. The van der Waals surface area contributed by atoms with Gasteiger partial charge >= 0.3 is 0 Å². The first kappa shape index (κ1) is 21.2. The Morgan fingerprint density at radius 1 is 0.800 bits per heavy atom. The lowest BCUT2D eigenvalue weighted by Gasteiger charge is -2.13. The summed E-state index contributed by atoms with van der Waals surface area (Å²) in [5.74, 6) is -1.47. The van der Waals surface area contributed by atoms with Gasteiger partial charge in [0, 0.05) is 16.8 Å². The van der Waals surface area contributed by atoms with Crippen LogP contribution in [0.5, 0.6) is 0 Å². The lowest BCUT2D eigenvalue weighted by molar-refractivity contribution is 0.0943. The molecule has 30 heavy (non-hydrogen) atoms. The average molecular weight is 443 g/mol. The van der Waals surface area contributed by atoms with Crippen LogP contribution in [0.4, 0.5) is 15.8 Å². The van der Waals surface area contributed by atoms with Gasteiger partial charge in [-0.3, -0.25) is 20.4 Å². The van der Waals surface area contributed by atoms with E-state index in [2.05, 4.69) is 21.5 Å². The van der Waals surface area contributed by atoms with Gasteiger partial charge < -0.3 is 10.6 Å². The predicted molar refractivity (Wildman–Crippen MR) is 119 cm³/mol. The van der Waals surface area contributed by atoms with Crippen LogP contribution in [0.15, 0.2) is 72.8 Å². The maximum atomic E-state index is 13.3. The fraction of sp³-hybridized carbons (Fsp3) is 0. The number of thiocarbonyl (C=S) groups is 1. The highest BCUT2D eigenvalue weighted by Gasteiger charge is 2.10. The van der Waals surface area contributed by atoms with Crippen LogP contribution in [-0.4, -0.2) is 16.9 Å². The van der Waals surface area contributed by atoms with Crippen molar-refractivity contribution in [1.82, 2.24) is 10.9 Å². The summed E-state index contributed by atoms with van der Waals surface area (Å²) < 4.78 is 13.3. The van der Waals surface area contributed by atoms with E-state index in [-0.39, 0.29) is 16.2 Å². The molecule has 0 radical (unpaired) electrons. The molecular weight excluding hydrogens is 427 g/mol. The molecule has 0 fully saturated rings. The summed E-state index contributed by atoms with van der Waals surface area (Å²) in [5.41, 5.74) is 6.46. The Labute approximate surface area is 182 Å². The number of anilines is 2. The van der Waals surface area contributed by atoms with Gasteiger partial charge in [-0.2, -0.15) is 0 Å². The van der Waals surface area contributed by atoms with Gasteiger partial charge in [0.2, 0.25) is 0 Å². The summed E-state index contributed by atoms with van der Waals surface area (Å²) in [6, 6.07) is 18.6. The number of amides is 2. The van der Waals surface area contributed by atoms with Crippen LogP contribution in [0.25, 0.3) is 0 Å². The van der Waals surface area contributed by atoms with E-state index >= 15 is 0 Å². The van der Waals surface area contributed by atoms with E-state index in [4.69, 9.17) is 23.8 Å². The van der Waals surface area contributed by atoms with Gasteiger partial charge in [-0.25, -0.2) is 4.39 Å². The summed E-state index contributed by atoms with van der Waals surface area (Å²) in [4.78, 5) is 24.6. The average Bonchev–Trinajstić information content (AvgIpc) is 2.74. The Bertz CT molecular complexity index is 1110. The van der Waals surface area contributed by atoms with Crippen LogP contribution in [0, 0.1) is 5.82 Å². The summed E-state index contributed by atoms with van der Waals surface area (Å²) >= 11 is 11.2. The SMILES string of the molecule is O=C(NNC(=S)Nc1ccccc1Cl)c1cccc(NC(=O)c2cccc(F)c2)c1. The van der Waals surface area contributed by atoms with E-state index in [0.717, 1.165) is 6.07 Å². The Hall–Kier alpha value is -3.49. The first-order valence-corrected chi connectivity index (χ1v) is 9.50. The second-order valence-corrected chi connectivity index (χ2v) is 6.87. The van der Waals surface area contributed by atoms with Gasteiger partial charge in [-0.1, -0.05) is 35.9 Å². The normalized spacial score (nSPS) is 10.1. The first-order chi connectivity index (χ1) is 14.4. The Balaban J connectivity index is 1.58. The molecule has 0 aliphatic carbocycles. The molecule has 0 unspecified atom stereocenters. The van der Waals surface area contributed by atoms with E-state index < -0.39 is 17.6 Å². The van der Waals surface area contributed by atoms with E-state index in [1.807, 2.05) is 0 Å². The molecule has 6 nitrogen and oxygen atoms in total. The van der Waals surface area contributed by atoms with Crippen LogP contribution in [0.2, 0.25) is 5.02 Å². The van der Waals surface area contributed by atoms with Gasteiger partial charge in [0.15, 0.2) is 5.11 Å². The minimum Gasteiger partial charge on any atom is -0.330 e. The predicted octanol–water partition coefficient (Wildman–Crippen LogP) is 4.36. The summed E-state index contributed by atoms with van der Waals surface area (Å²) in [5, 5.41) is 6.12. The van der Waals surface area contributed by atoms with E-state index in [1.54, 1.807) is 42.5 Å². The molecule has 0 heterocycles. The van der Waals surface area contributed by atoms with Gasteiger partial charge in [0.25, 0.3) is 11.8 Å². The molecule has 3 rings (SSSR count). The maximum Gasteiger partial charge on any atom is 0.269 e. The molecule has 2 amide bonds. The van der Waals surface area contributed by atoms with Crippen LogP contribution in [0.3, 0.4) is 0 Å². The fourth-order valence-corrected chi connectivity index (χ4v) is 2.82. The number of halogens is 2. The van der Waals surface area contributed by atoms with Crippen molar-refractivity contribution in [2.24, 2.45) is 0 Å². The number of benzene rings is 3. The van der Waals surface area contributed by atoms with Crippen molar-refractivity contribution in [3.63, 3.8) is 0 Å². The molecule has 3 aromatic carbocycles. The highest BCUT2D eigenvalue weighted by Crippen LogP contribution is 2.20. The molecule has 0 spiro atoms. The fourth-order valence-electron chi connectivity index (χ4n) is 2.47. The van der Waals surface area contributed by atoms with Crippen molar-refractivity contribution in [3.05, 3.63) is 94.8 Å². The van der Waals surface area contributed by atoms with Crippen LogP contribution in [-0.2, 0) is 0 Å². The topological polar surface area (TPSA) is 82.3 Å². The Morgan fingerprint density at radius 2 is 1.50 bits per heavy atom. The number of hydrazine groups is 1. The number of carbonyl (C=O) groups is 2. The van der Waals surface area contributed by atoms with Crippen LogP contribution >= 0.6 is 23.8 Å². The maximum absolute atomic E-state index is 13.3. The monoisotopic (exact) mass is 442 g/mol. The number of hydrogen-bond acceptors (Lipinski definition) is 3. The standard InChI is InChI=1S/C21H16ClFN4O2S/c22-17-9-1-2-10-18(17)25-21(30)27-26-20(29)14-6-4-8-16(12-14)24-19(28)13-5-3-7-15(23)11-13/h1-12H,(H,24,28)(H,26,29)(H2,25,27,30). The zero-order valence-electron chi connectivity index (χ0n) is 15.4. The third-order valence-electron chi connectivity index (χ3n) is 3.88. The zero-order valence-corrected chi connectivity index (χ0v) is 17.0. The van der Waals surface area contributed by atoms with Gasteiger partial charge in [-0.15, -0.1) is 0 Å². The van der Waals surface area contributed by atoms with Crippen LogP contribution in [0.1, 0.15) is 20.7 Å². The van der Waals surface area contributed by atoms with E-state index in [9.17, 15) is 14.0 Å². The molecule has 0 aromatic heterocycles. The second kappa shape index (κ2) is 9.82. The Kier molecular flexibility index (Phi) is 6.95.